The minimum absolute atomic E-state index is 0.112. The van der Waals surface area contributed by atoms with Crippen molar-refractivity contribution >= 4 is 29.2 Å². The van der Waals surface area contributed by atoms with Gasteiger partial charge in [-0.15, -0.1) is 0 Å². The van der Waals surface area contributed by atoms with Crippen molar-refractivity contribution < 1.29 is 24.2 Å². The maximum Gasteiger partial charge on any atom is 0.307 e. The van der Waals surface area contributed by atoms with Gasteiger partial charge < -0.3 is 15.1 Å². The summed E-state index contributed by atoms with van der Waals surface area (Å²) >= 11 is 6.01. The number of amides is 1. The third-order valence-electron chi connectivity index (χ3n) is 5.98. The van der Waals surface area contributed by atoms with Crippen molar-refractivity contribution in [3.05, 3.63) is 69.5 Å². The van der Waals surface area contributed by atoms with Crippen LogP contribution in [0.4, 0.5) is 10.1 Å². The number of halogens is 2. The van der Waals surface area contributed by atoms with Crippen LogP contribution in [0.15, 0.2) is 36.4 Å². The van der Waals surface area contributed by atoms with E-state index in [1.165, 1.54) is 19.1 Å². The summed E-state index contributed by atoms with van der Waals surface area (Å²) in [5.41, 5.74) is 4.56. The van der Waals surface area contributed by atoms with Gasteiger partial charge in [0.1, 0.15) is 11.6 Å². The molecule has 0 spiro atoms. The number of hydrogen-bond donors (Lipinski definition) is 2. The van der Waals surface area contributed by atoms with Gasteiger partial charge in [0, 0.05) is 28.6 Å². The molecule has 1 amide bonds. The van der Waals surface area contributed by atoms with E-state index in [0.717, 1.165) is 0 Å². The van der Waals surface area contributed by atoms with Crippen LogP contribution >= 0.6 is 11.6 Å². The van der Waals surface area contributed by atoms with Gasteiger partial charge in [-0.3, -0.25) is 9.59 Å². The molecule has 1 heterocycles. The van der Waals surface area contributed by atoms with E-state index in [1.54, 1.807) is 43.0 Å². The number of carbonyl (C=O) groups excluding carboxylic acids is 1. The number of aliphatic carboxylic acids is 1. The Morgan fingerprint density at radius 3 is 2.44 bits per heavy atom. The zero-order valence-corrected chi connectivity index (χ0v) is 18.5. The number of phenols is 1. The van der Waals surface area contributed by atoms with Crippen LogP contribution in [-0.2, 0) is 22.6 Å². The number of carbonyl (C=O) groups is 2. The van der Waals surface area contributed by atoms with E-state index in [9.17, 15) is 19.8 Å². The highest BCUT2D eigenvalue weighted by Gasteiger charge is 2.33. The smallest absolute Gasteiger partial charge is 0.307 e. The second-order valence-corrected chi connectivity index (χ2v) is 8.37. The van der Waals surface area contributed by atoms with Gasteiger partial charge in [0.2, 0.25) is 5.91 Å². The Morgan fingerprint density at radius 2 is 1.81 bits per heavy atom. The number of anilines is 1. The molecule has 0 saturated carbocycles. The first-order valence-electron chi connectivity index (χ1n) is 10.0. The molecule has 3 aromatic carbocycles. The lowest BCUT2D eigenvalue weighted by Crippen LogP contribution is -2.33. The number of aromatic hydroxyl groups is 1. The summed E-state index contributed by atoms with van der Waals surface area (Å²) in [5.74, 6) is -1.82. The van der Waals surface area contributed by atoms with E-state index in [4.69, 9.17) is 11.6 Å². The van der Waals surface area contributed by atoms with Crippen molar-refractivity contribution in [3.8, 4) is 28.0 Å². The van der Waals surface area contributed by atoms with Crippen molar-refractivity contribution in [2.45, 2.75) is 33.7 Å². The predicted molar refractivity (Wildman–Crippen MR) is 122 cm³/mol. The number of nitrogens with zero attached hydrogens (tertiary/aromatic N) is 1. The molecular formula is C25H21ClFNO4. The minimum atomic E-state index is -1.06. The molecule has 5 nitrogen and oxygen atoms in total. The molecule has 0 aromatic heterocycles. The maximum atomic E-state index is 15.1. The molecular weight excluding hydrogens is 433 g/mol. The fraction of sp³-hybridized carbons (Fsp3) is 0.200. The van der Waals surface area contributed by atoms with Crippen LogP contribution < -0.4 is 4.90 Å². The maximum absolute atomic E-state index is 15.1. The summed E-state index contributed by atoms with van der Waals surface area (Å²) in [5, 5.41) is 20.6. The Bertz CT molecular complexity index is 1300. The Balaban J connectivity index is 2.19. The molecule has 164 valence electrons. The third-order valence-corrected chi connectivity index (χ3v) is 6.22. The van der Waals surface area contributed by atoms with Gasteiger partial charge in [-0.2, -0.15) is 0 Å². The lowest BCUT2D eigenvalue weighted by Gasteiger charge is -2.35. The van der Waals surface area contributed by atoms with Crippen LogP contribution in [0.5, 0.6) is 5.75 Å². The molecule has 3 aromatic rings. The molecule has 1 aliphatic heterocycles. The fourth-order valence-corrected chi connectivity index (χ4v) is 4.81. The molecule has 2 N–H and O–H groups in total. The van der Waals surface area contributed by atoms with Crippen LogP contribution in [0.2, 0.25) is 5.02 Å². The van der Waals surface area contributed by atoms with Crippen LogP contribution in [0.25, 0.3) is 22.3 Å². The molecule has 32 heavy (non-hydrogen) atoms. The van der Waals surface area contributed by atoms with Gasteiger partial charge >= 0.3 is 5.97 Å². The highest BCUT2D eigenvalue weighted by Crippen LogP contribution is 2.50. The number of hydrogen-bond acceptors (Lipinski definition) is 3. The van der Waals surface area contributed by atoms with E-state index >= 15 is 4.39 Å². The minimum Gasteiger partial charge on any atom is -0.507 e. The van der Waals surface area contributed by atoms with E-state index < -0.39 is 11.8 Å². The number of rotatable bonds is 3. The van der Waals surface area contributed by atoms with Crippen molar-refractivity contribution in [1.29, 1.82) is 0 Å². The fourth-order valence-electron chi connectivity index (χ4n) is 4.64. The van der Waals surface area contributed by atoms with Crippen LogP contribution in [-0.4, -0.2) is 22.1 Å². The molecule has 0 fully saturated rings. The molecule has 4 rings (SSSR count). The standard InChI is InChI=1S/C25H21ClFNO4/c1-12-18(10-21(31)32)22(17-8-7-16(26)9-20(17)30)13(2)23-24-15(5-4-6-19(24)27)11-28(14(3)29)25(12)23/h4-9,30H,10-11H2,1-3H3,(H,31,32). The lowest BCUT2D eigenvalue weighted by molar-refractivity contribution is -0.136. The average Bonchev–Trinajstić information content (AvgIpc) is 2.71. The van der Waals surface area contributed by atoms with Gasteiger partial charge in [-0.1, -0.05) is 23.7 Å². The summed E-state index contributed by atoms with van der Waals surface area (Å²) in [6.07, 6.45) is -0.326. The Kier molecular flexibility index (Phi) is 5.42. The second kappa shape index (κ2) is 7.95. The van der Waals surface area contributed by atoms with Gasteiger partial charge in [-0.25, -0.2) is 4.39 Å². The molecule has 0 bridgehead atoms. The number of carboxylic acid groups (broad SMARTS) is 1. The average molecular weight is 454 g/mol. The first-order valence-corrected chi connectivity index (χ1v) is 10.4. The first-order chi connectivity index (χ1) is 15.1. The van der Waals surface area contributed by atoms with Crippen molar-refractivity contribution in [2.75, 3.05) is 4.90 Å². The topological polar surface area (TPSA) is 77.8 Å². The second-order valence-electron chi connectivity index (χ2n) is 7.94. The van der Waals surface area contributed by atoms with E-state index in [0.29, 0.717) is 55.2 Å². The summed E-state index contributed by atoms with van der Waals surface area (Å²) < 4.78 is 15.1. The summed E-state index contributed by atoms with van der Waals surface area (Å²) in [7, 11) is 0. The van der Waals surface area contributed by atoms with Crippen LogP contribution in [0, 0.1) is 19.7 Å². The van der Waals surface area contributed by atoms with E-state index in [-0.39, 0.29) is 24.6 Å². The molecule has 0 saturated heterocycles. The van der Waals surface area contributed by atoms with Gasteiger partial charge in [0.15, 0.2) is 0 Å². The molecule has 0 radical (unpaired) electrons. The molecule has 0 unspecified atom stereocenters. The van der Waals surface area contributed by atoms with Crippen molar-refractivity contribution in [2.24, 2.45) is 0 Å². The molecule has 7 heteroatoms. The van der Waals surface area contributed by atoms with Gasteiger partial charge in [-0.05, 0) is 65.9 Å². The molecule has 0 atom stereocenters. The Morgan fingerprint density at radius 1 is 1.09 bits per heavy atom. The van der Waals surface area contributed by atoms with E-state index in [1.807, 2.05) is 0 Å². The number of fused-ring (bicyclic) bond motifs is 3. The largest absolute Gasteiger partial charge is 0.507 e. The quantitative estimate of drug-likeness (QED) is 0.538. The summed E-state index contributed by atoms with van der Waals surface area (Å²) in [6.45, 7) is 5.11. The zero-order chi connectivity index (χ0) is 23.3. The lowest BCUT2D eigenvalue weighted by atomic mass is 9.80. The summed E-state index contributed by atoms with van der Waals surface area (Å²) in [4.78, 5) is 25.9. The number of benzene rings is 3. The predicted octanol–water partition coefficient (Wildman–Crippen LogP) is 5.63. The monoisotopic (exact) mass is 453 g/mol. The van der Waals surface area contributed by atoms with Crippen molar-refractivity contribution in [1.82, 2.24) is 0 Å². The number of phenolic OH excluding ortho intramolecular Hbond substituents is 1. The SMILES string of the molecule is CC(=O)N1Cc2cccc(F)c2-c2c(C)c(-c3ccc(Cl)cc3O)c(CC(=O)O)c(C)c21. The Hall–Kier alpha value is -3.38. The molecule has 1 aliphatic rings. The normalized spacial score (nSPS) is 12.3. The van der Waals surface area contributed by atoms with Crippen molar-refractivity contribution in [3.63, 3.8) is 0 Å². The first kappa shape index (κ1) is 21.8. The van der Waals surface area contributed by atoms with E-state index in [2.05, 4.69) is 0 Å². The highest BCUT2D eigenvalue weighted by atomic mass is 35.5. The zero-order valence-electron chi connectivity index (χ0n) is 17.8. The van der Waals surface area contributed by atoms with Crippen LogP contribution in [0.3, 0.4) is 0 Å². The van der Waals surface area contributed by atoms with Crippen LogP contribution in [0.1, 0.15) is 29.2 Å². The van der Waals surface area contributed by atoms with Gasteiger partial charge in [0.25, 0.3) is 0 Å². The molecule has 0 aliphatic carbocycles. The highest BCUT2D eigenvalue weighted by molar-refractivity contribution is 6.30. The Labute approximate surface area is 189 Å². The third kappa shape index (κ3) is 3.41. The number of carboxylic acids is 1. The van der Waals surface area contributed by atoms with Gasteiger partial charge in [0.05, 0.1) is 18.7 Å². The summed E-state index contributed by atoms with van der Waals surface area (Å²) in [6, 6.07) is 9.34.